The first kappa shape index (κ1) is 30.2. The molecule has 46 heavy (non-hydrogen) atoms. The zero-order chi connectivity index (χ0) is 31.8. The van der Waals surface area contributed by atoms with Crippen LogP contribution in [0.1, 0.15) is 25.0 Å². The molecule has 3 N–H and O–H groups in total. The lowest BCUT2D eigenvalue weighted by atomic mass is 9.78. The van der Waals surface area contributed by atoms with E-state index in [4.69, 9.17) is 24.7 Å². The number of para-hydroxylation sites is 1. The predicted molar refractivity (Wildman–Crippen MR) is 185 cm³/mol. The van der Waals surface area contributed by atoms with Gasteiger partial charge in [-0.15, -0.1) is 0 Å². The third kappa shape index (κ3) is 7.79. The van der Waals surface area contributed by atoms with Gasteiger partial charge in [-0.1, -0.05) is 56.3 Å². The van der Waals surface area contributed by atoms with Gasteiger partial charge in [0.1, 0.15) is 40.2 Å². The summed E-state index contributed by atoms with van der Waals surface area (Å²) in [5, 5.41) is 3.27. The van der Waals surface area contributed by atoms with Gasteiger partial charge in [0.15, 0.2) is 6.73 Å². The molecule has 0 aliphatic heterocycles. The summed E-state index contributed by atoms with van der Waals surface area (Å²) in [5.41, 5.74) is 9.58. The number of nitrogens with two attached hydrogens (primary N) is 1. The minimum Gasteiger partial charge on any atom is -0.473 e. The maximum absolute atomic E-state index is 6.12. The number of benzene rings is 6. The first-order valence-corrected chi connectivity index (χ1v) is 15.1. The van der Waals surface area contributed by atoms with E-state index in [2.05, 4.69) is 43.4 Å². The Bertz CT molecular complexity index is 1820. The average Bonchev–Trinajstić information content (AvgIpc) is 3.08. The van der Waals surface area contributed by atoms with Crippen molar-refractivity contribution in [2.75, 3.05) is 17.8 Å². The molecule has 0 bridgehead atoms. The lowest BCUT2D eigenvalue weighted by Crippen LogP contribution is -2.18. The van der Waals surface area contributed by atoms with Gasteiger partial charge in [-0.25, -0.2) is 0 Å². The summed E-state index contributed by atoms with van der Waals surface area (Å²) in [7, 11) is 0. The van der Waals surface area contributed by atoms with E-state index in [0.717, 1.165) is 45.9 Å². The van der Waals surface area contributed by atoms with Crippen molar-refractivity contribution in [2.24, 2.45) is 0 Å². The molecule has 6 heteroatoms. The highest BCUT2D eigenvalue weighted by Gasteiger charge is 2.23. The van der Waals surface area contributed by atoms with Crippen LogP contribution in [-0.2, 0) is 5.41 Å². The first-order valence-electron chi connectivity index (χ1n) is 15.1. The van der Waals surface area contributed by atoms with Gasteiger partial charge in [-0.3, -0.25) is 0 Å². The molecule has 0 atom stereocenters. The number of ether oxygens (including phenoxy) is 4. The Morgan fingerprint density at radius 2 is 0.826 bits per heavy atom. The number of hydrogen-bond acceptors (Lipinski definition) is 6. The molecule has 230 valence electrons. The SMILES string of the molecule is CC(C)(c1ccc(Oc2ccc(N)cc2)cc1)c1ccc(Oc2ccc(NCOc3ccc(Oc4ccccc4)cc3)cc2)cc1. The maximum Gasteiger partial charge on any atom is 0.159 e. The molecule has 6 aromatic carbocycles. The topological polar surface area (TPSA) is 75.0 Å². The highest BCUT2D eigenvalue weighted by atomic mass is 16.5. The number of rotatable bonds is 12. The zero-order valence-corrected chi connectivity index (χ0v) is 25.9. The highest BCUT2D eigenvalue weighted by Crippen LogP contribution is 2.35. The fourth-order valence-electron chi connectivity index (χ4n) is 4.93. The molecule has 0 radical (unpaired) electrons. The minimum absolute atomic E-state index is 0.203. The fourth-order valence-corrected chi connectivity index (χ4v) is 4.93. The van der Waals surface area contributed by atoms with E-state index in [0.29, 0.717) is 12.4 Å². The molecular formula is C40H36N2O4. The summed E-state index contributed by atoms with van der Waals surface area (Å²) in [6.45, 7) is 4.75. The average molecular weight is 609 g/mol. The van der Waals surface area contributed by atoms with Crippen molar-refractivity contribution < 1.29 is 18.9 Å². The number of hydrogen-bond donors (Lipinski definition) is 2. The van der Waals surface area contributed by atoms with E-state index in [1.54, 1.807) is 0 Å². The highest BCUT2D eigenvalue weighted by molar-refractivity contribution is 5.48. The van der Waals surface area contributed by atoms with Crippen LogP contribution in [0.5, 0.6) is 40.2 Å². The quantitative estimate of drug-likeness (QED) is 0.106. The summed E-state index contributed by atoms with van der Waals surface area (Å²) < 4.78 is 23.7. The zero-order valence-electron chi connectivity index (χ0n) is 25.9. The molecule has 0 spiro atoms. The van der Waals surface area contributed by atoms with Gasteiger partial charge in [0.25, 0.3) is 0 Å². The van der Waals surface area contributed by atoms with Crippen LogP contribution in [0.15, 0.2) is 152 Å². The lowest BCUT2D eigenvalue weighted by molar-refractivity contribution is 0.346. The smallest absolute Gasteiger partial charge is 0.159 e. The van der Waals surface area contributed by atoms with Crippen LogP contribution >= 0.6 is 0 Å². The third-order valence-corrected chi connectivity index (χ3v) is 7.68. The first-order chi connectivity index (χ1) is 22.4. The maximum atomic E-state index is 6.12. The van der Waals surface area contributed by atoms with Crippen LogP contribution < -0.4 is 30.0 Å². The van der Waals surface area contributed by atoms with E-state index in [1.165, 1.54) is 11.1 Å². The minimum atomic E-state index is -0.203. The monoisotopic (exact) mass is 608 g/mol. The van der Waals surface area contributed by atoms with Crippen molar-refractivity contribution in [3.63, 3.8) is 0 Å². The molecule has 0 aromatic heterocycles. The van der Waals surface area contributed by atoms with Crippen LogP contribution in [-0.4, -0.2) is 6.73 Å². The van der Waals surface area contributed by atoms with Gasteiger partial charge in [-0.2, -0.15) is 0 Å². The Labute approximate surface area is 270 Å². The van der Waals surface area contributed by atoms with Gasteiger partial charge >= 0.3 is 0 Å². The predicted octanol–water partition coefficient (Wildman–Crippen LogP) is 10.4. The number of anilines is 2. The summed E-state index contributed by atoms with van der Waals surface area (Å²) in [5.74, 6) is 5.37. The summed E-state index contributed by atoms with van der Waals surface area (Å²) in [6, 6.07) is 48.9. The third-order valence-electron chi connectivity index (χ3n) is 7.68. The molecule has 0 saturated heterocycles. The summed E-state index contributed by atoms with van der Waals surface area (Å²) in [6.07, 6.45) is 0. The molecule has 0 heterocycles. The summed E-state index contributed by atoms with van der Waals surface area (Å²) >= 11 is 0. The van der Waals surface area contributed by atoms with Gasteiger partial charge in [0.05, 0.1) is 0 Å². The van der Waals surface area contributed by atoms with Gasteiger partial charge in [-0.05, 0) is 120 Å². The van der Waals surface area contributed by atoms with Crippen LogP contribution in [0.4, 0.5) is 11.4 Å². The van der Waals surface area contributed by atoms with E-state index in [-0.39, 0.29) is 5.41 Å². The molecule has 0 aliphatic rings. The molecule has 0 fully saturated rings. The van der Waals surface area contributed by atoms with Crippen molar-refractivity contribution in [3.8, 4) is 40.2 Å². The Kier molecular flexibility index (Phi) is 9.07. The Hall–Kier alpha value is -5.88. The molecule has 6 aromatic rings. The lowest BCUT2D eigenvalue weighted by Gasteiger charge is -2.26. The van der Waals surface area contributed by atoms with Gasteiger partial charge in [0.2, 0.25) is 0 Å². The van der Waals surface area contributed by atoms with Gasteiger partial charge in [0, 0.05) is 16.8 Å². The molecule has 0 unspecified atom stereocenters. The number of nitrogen functional groups attached to an aromatic ring is 1. The van der Waals surface area contributed by atoms with Gasteiger partial charge < -0.3 is 30.0 Å². The Morgan fingerprint density at radius 3 is 1.30 bits per heavy atom. The van der Waals surface area contributed by atoms with Crippen molar-refractivity contribution >= 4 is 11.4 Å². The second kappa shape index (κ2) is 13.8. The largest absolute Gasteiger partial charge is 0.473 e. The standard InChI is InChI=1S/C40H36N2O4/c1-40(2,29-8-16-35(17-9-29)45-37-20-12-31(41)13-21-37)30-10-18-36(19-11-30)46-38-22-14-32(15-23-38)42-28-43-33-24-26-39(27-25-33)44-34-6-4-3-5-7-34/h3-27,42H,28,41H2,1-2H3. The van der Waals surface area contributed by atoms with Crippen molar-refractivity contribution in [1.82, 2.24) is 0 Å². The molecule has 6 rings (SSSR count). The second-order valence-electron chi connectivity index (χ2n) is 11.3. The Morgan fingerprint density at radius 1 is 0.457 bits per heavy atom. The van der Waals surface area contributed by atoms with Crippen LogP contribution in [0.2, 0.25) is 0 Å². The van der Waals surface area contributed by atoms with E-state index >= 15 is 0 Å². The Balaban J connectivity index is 0.981. The normalized spacial score (nSPS) is 11.0. The summed E-state index contributed by atoms with van der Waals surface area (Å²) in [4.78, 5) is 0. The van der Waals surface area contributed by atoms with Crippen LogP contribution in [0, 0.1) is 0 Å². The van der Waals surface area contributed by atoms with Crippen molar-refractivity contribution in [1.29, 1.82) is 0 Å². The van der Waals surface area contributed by atoms with E-state index in [9.17, 15) is 0 Å². The van der Waals surface area contributed by atoms with Crippen LogP contribution in [0.25, 0.3) is 0 Å². The fraction of sp³-hybridized carbons (Fsp3) is 0.100. The van der Waals surface area contributed by atoms with Crippen molar-refractivity contribution in [3.05, 3.63) is 163 Å². The number of nitrogens with one attached hydrogen (secondary N) is 1. The van der Waals surface area contributed by atoms with E-state index < -0.39 is 0 Å². The molecule has 0 saturated carbocycles. The van der Waals surface area contributed by atoms with Crippen LogP contribution in [0.3, 0.4) is 0 Å². The molecule has 0 aliphatic carbocycles. The molecule has 6 nitrogen and oxygen atoms in total. The molecule has 0 amide bonds. The van der Waals surface area contributed by atoms with E-state index in [1.807, 2.05) is 127 Å². The van der Waals surface area contributed by atoms with Crippen molar-refractivity contribution in [2.45, 2.75) is 19.3 Å². The molecular weight excluding hydrogens is 572 g/mol. The second-order valence-corrected chi connectivity index (χ2v) is 11.3.